The summed E-state index contributed by atoms with van der Waals surface area (Å²) in [6, 6.07) is 21.3. The van der Waals surface area contributed by atoms with Gasteiger partial charge in [0.25, 0.3) is 0 Å². The third-order valence-corrected chi connectivity index (χ3v) is 5.41. The van der Waals surface area contributed by atoms with Crippen LogP contribution < -0.4 is 5.32 Å². The maximum atomic E-state index is 12.0. The molecule has 0 saturated carbocycles. The molecule has 1 amide bonds. The standard InChI is InChI=1S/C21H26N2O/c1-16-20(18-10-6-4-7-11-18)23(3)15-14-21(16,22-17(2)24)19-12-8-5-9-13-19/h4-13,16,20H,14-15H2,1-3H3,(H,22,24)/t16-,20-,21+/m0/s1. The van der Waals surface area contributed by atoms with Gasteiger partial charge in [0.05, 0.1) is 5.54 Å². The Labute approximate surface area is 144 Å². The summed E-state index contributed by atoms with van der Waals surface area (Å²) in [6.45, 7) is 4.82. The van der Waals surface area contributed by atoms with Gasteiger partial charge in [0.1, 0.15) is 0 Å². The first-order chi connectivity index (χ1) is 11.5. The van der Waals surface area contributed by atoms with E-state index in [0.717, 1.165) is 13.0 Å². The Hall–Kier alpha value is -2.13. The van der Waals surface area contributed by atoms with Crippen LogP contribution in [0.1, 0.15) is 37.4 Å². The van der Waals surface area contributed by atoms with Crippen molar-refractivity contribution in [2.45, 2.75) is 31.8 Å². The number of benzene rings is 2. The van der Waals surface area contributed by atoms with Gasteiger partial charge in [-0.2, -0.15) is 0 Å². The van der Waals surface area contributed by atoms with E-state index in [1.807, 2.05) is 6.07 Å². The molecule has 0 aromatic heterocycles. The predicted octanol–water partition coefficient (Wildman–Crippen LogP) is 3.73. The second-order valence-corrected chi connectivity index (χ2v) is 6.89. The second kappa shape index (κ2) is 6.78. The summed E-state index contributed by atoms with van der Waals surface area (Å²) in [7, 11) is 2.18. The molecule has 1 aliphatic rings. The van der Waals surface area contributed by atoms with Crippen LogP contribution in [0, 0.1) is 5.92 Å². The van der Waals surface area contributed by atoms with E-state index in [-0.39, 0.29) is 23.4 Å². The monoisotopic (exact) mass is 322 g/mol. The number of hydrogen-bond acceptors (Lipinski definition) is 2. The number of rotatable bonds is 3. The lowest BCUT2D eigenvalue weighted by atomic mass is 9.68. The van der Waals surface area contributed by atoms with E-state index in [1.54, 1.807) is 6.92 Å². The second-order valence-electron chi connectivity index (χ2n) is 6.89. The molecule has 0 aliphatic carbocycles. The number of nitrogens with one attached hydrogen (secondary N) is 1. The van der Waals surface area contributed by atoms with Crippen LogP contribution in [-0.2, 0) is 10.3 Å². The lowest BCUT2D eigenvalue weighted by molar-refractivity contribution is -0.123. The van der Waals surface area contributed by atoms with Crippen molar-refractivity contribution in [1.82, 2.24) is 10.2 Å². The van der Waals surface area contributed by atoms with Gasteiger partial charge in [0.2, 0.25) is 5.91 Å². The molecule has 3 heteroatoms. The van der Waals surface area contributed by atoms with Crippen molar-refractivity contribution in [3.8, 4) is 0 Å². The Balaban J connectivity index is 2.07. The van der Waals surface area contributed by atoms with E-state index >= 15 is 0 Å². The molecule has 3 atom stereocenters. The van der Waals surface area contributed by atoms with E-state index in [9.17, 15) is 4.79 Å². The summed E-state index contributed by atoms with van der Waals surface area (Å²) in [5, 5.41) is 3.32. The summed E-state index contributed by atoms with van der Waals surface area (Å²) in [6.07, 6.45) is 0.914. The van der Waals surface area contributed by atoms with Crippen LogP contribution in [0.2, 0.25) is 0 Å². The molecule has 0 unspecified atom stereocenters. The van der Waals surface area contributed by atoms with Crippen LogP contribution in [0.25, 0.3) is 0 Å². The number of likely N-dealkylation sites (tertiary alicyclic amines) is 1. The van der Waals surface area contributed by atoms with Crippen molar-refractivity contribution in [1.29, 1.82) is 0 Å². The van der Waals surface area contributed by atoms with Crippen LogP contribution in [-0.4, -0.2) is 24.4 Å². The predicted molar refractivity (Wildman–Crippen MR) is 97.5 cm³/mol. The lowest BCUT2D eigenvalue weighted by Gasteiger charge is -2.51. The SMILES string of the molecule is CC(=O)N[C@]1(c2ccccc2)CCN(C)[C@H](c2ccccc2)[C@@H]1C. The minimum Gasteiger partial charge on any atom is -0.346 e. The molecule has 1 heterocycles. The zero-order valence-electron chi connectivity index (χ0n) is 14.7. The van der Waals surface area contributed by atoms with Gasteiger partial charge in [-0.25, -0.2) is 0 Å². The first-order valence-corrected chi connectivity index (χ1v) is 8.64. The van der Waals surface area contributed by atoms with Crippen LogP contribution in [0.15, 0.2) is 60.7 Å². The summed E-state index contributed by atoms with van der Waals surface area (Å²) in [4.78, 5) is 14.4. The minimum atomic E-state index is -0.333. The molecule has 2 aromatic carbocycles. The normalized spacial score (nSPS) is 27.6. The third kappa shape index (κ3) is 2.96. The highest BCUT2D eigenvalue weighted by Gasteiger charge is 2.47. The lowest BCUT2D eigenvalue weighted by Crippen LogP contribution is -2.58. The van der Waals surface area contributed by atoms with Gasteiger partial charge in [0, 0.05) is 25.4 Å². The first-order valence-electron chi connectivity index (χ1n) is 8.64. The van der Waals surface area contributed by atoms with Crippen molar-refractivity contribution in [3.05, 3.63) is 71.8 Å². The van der Waals surface area contributed by atoms with Gasteiger partial charge >= 0.3 is 0 Å². The van der Waals surface area contributed by atoms with Crippen LogP contribution in [0.5, 0.6) is 0 Å². The van der Waals surface area contributed by atoms with E-state index in [4.69, 9.17) is 0 Å². The van der Waals surface area contributed by atoms with Gasteiger partial charge < -0.3 is 5.32 Å². The number of piperidine rings is 1. The molecule has 3 nitrogen and oxygen atoms in total. The summed E-state index contributed by atoms with van der Waals surface area (Å²) < 4.78 is 0. The fourth-order valence-corrected chi connectivity index (χ4v) is 4.27. The average molecular weight is 322 g/mol. The topological polar surface area (TPSA) is 32.3 Å². The first kappa shape index (κ1) is 16.7. The number of amides is 1. The Morgan fingerprint density at radius 1 is 1.08 bits per heavy atom. The van der Waals surface area contributed by atoms with Crippen molar-refractivity contribution < 1.29 is 4.79 Å². The Kier molecular flexibility index (Phi) is 4.72. The van der Waals surface area contributed by atoms with Crippen molar-refractivity contribution in [2.75, 3.05) is 13.6 Å². The smallest absolute Gasteiger partial charge is 0.217 e. The maximum Gasteiger partial charge on any atom is 0.217 e. The van der Waals surface area contributed by atoms with Gasteiger partial charge in [-0.1, -0.05) is 67.6 Å². The minimum absolute atomic E-state index is 0.0297. The summed E-state index contributed by atoms with van der Waals surface area (Å²) in [5.74, 6) is 0.284. The molecule has 126 valence electrons. The quantitative estimate of drug-likeness (QED) is 0.934. The van der Waals surface area contributed by atoms with E-state index in [2.05, 4.69) is 78.8 Å². The Bertz CT molecular complexity index is 685. The number of hydrogen-bond donors (Lipinski definition) is 1. The van der Waals surface area contributed by atoms with E-state index < -0.39 is 0 Å². The van der Waals surface area contributed by atoms with Crippen LogP contribution in [0.4, 0.5) is 0 Å². The van der Waals surface area contributed by atoms with Crippen LogP contribution >= 0.6 is 0 Å². The van der Waals surface area contributed by atoms with Crippen LogP contribution in [0.3, 0.4) is 0 Å². The van der Waals surface area contributed by atoms with E-state index in [0.29, 0.717) is 0 Å². The number of carbonyl (C=O) groups is 1. The average Bonchev–Trinajstić information content (AvgIpc) is 2.59. The molecule has 0 bridgehead atoms. The van der Waals surface area contributed by atoms with Gasteiger partial charge in [-0.3, -0.25) is 9.69 Å². The molecule has 1 fully saturated rings. The number of carbonyl (C=O) groups excluding carboxylic acids is 1. The molecular formula is C21H26N2O. The zero-order valence-corrected chi connectivity index (χ0v) is 14.7. The Morgan fingerprint density at radius 3 is 2.25 bits per heavy atom. The molecule has 1 saturated heterocycles. The third-order valence-electron chi connectivity index (χ3n) is 5.41. The van der Waals surface area contributed by atoms with Gasteiger partial charge in [-0.05, 0) is 24.6 Å². The summed E-state index contributed by atoms with van der Waals surface area (Å²) in [5.41, 5.74) is 2.17. The summed E-state index contributed by atoms with van der Waals surface area (Å²) >= 11 is 0. The number of nitrogens with zero attached hydrogens (tertiary/aromatic N) is 1. The molecule has 24 heavy (non-hydrogen) atoms. The van der Waals surface area contributed by atoms with Crippen molar-refractivity contribution >= 4 is 5.91 Å². The fourth-order valence-electron chi connectivity index (χ4n) is 4.27. The fraction of sp³-hybridized carbons (Fsp3) is 0.381. The largest absolute Gasteiger partial charge is 0.346 e. The molecule has 1 N–H and O–H groups in total. The highest BCUT2D eigenvalue weighted by molar-refractivity contribution is 5.74. The zero-order chi connectivity index (χ0) is 17.2. The molecule has 2 aromatic rings. The van der Waals surface area contributed by atoms with Gasteiger partial charge in [0.15, 0.2) is 0 Å². The molecule has 0 spiro atoms. The van der Waals surface area contributed by atoms with Crippen molar-refractivity contribution in [2.24, 2.45) is 5.92 Å². The molecular weight excluding hydrogens is 296 g/mol. The molecule has 1 aliphatic heterocycles. The van der Waals surface area contributed by atoms with Crippen molar-refractivity contribution in [3.63, 3.8) is 0 Å². The Morgan fingerprint density at radius 2 is 1.67 bits per heavy atom. The van der Waals surface area contributed by atoms with E-state index in [1.165, 1.54) is 11.1 Å². The van der Waals surface area contributed by atoms with Gasteiger partial charge in [-0.15, -0.1) is 0 Å². The highest BCUT2D eigenvalue weighted by atomic mass is 16.1. The highest BCUT2D eigenvalue weighted by Crippen LogP contribution is 2.46. The molecule has 3 rings (SSSR count). The molecule has 0 radical (unpaired) electrons. The maximum absolute atomic E-state index is 12.0.